The first kappa shape index (κ1) is 13.7. The van der Waals surface area contributed by atoms with Gasteiger partial charge in [-0.3, -0.25) is 14.6 Å². The van der Waals surface area contributed by atoms with Crippen LogP contribution in [-0.2, 0) is 4.79 Å². The van der Waals surface area contributed by atoms with E-state index in [4.69, 9.17) is 11.6 Å². The standard InChI is InChI=1S/C12H15ClN4O2/c1-16(8-11(18)17-4-2-3-5-17)12(19)9-6-14-7-10(13)15-9/h6-7H,2-5,8H2,1H3. The summed E-state index contributed by atoms with van der Waals surface area (Å²) in [6.45, 7) is 1.60. The van der Waals surface area contributed by atoms with Gasteiger partial charge < -0.3 is 9.80 Å². The highest BCUT2D eigenvalue weighted by Crippen LogP contribution is 2.09. The molecular weight excluding hydrogens is 268 g/mol. The maximum Gasteiger partial charge on any atom is 0.274 e. The number of carbonyl (C=O) groups excluding carboxylic acids is 2. The zero-order valence-corrected chi connectivity index (χ0v) is 11.4. The lowest BCUT2D eigenvalue weighted by Crippen LogP contribution is -2.40. The van der Waals surface area contributed by atoms with Gasteiger partial charge in [-0.2, -0.15) is 0 Å². The van der Waals surface area contributed by atoms with E-state index in [-0.39, 0.29) is 29.2 Å². The summed E-state index contributed by atoms with van der Waals surface area (Å²) >= 11 is 5.68. The van der Waals surface area contributed by atoms with Crippen LogP contribution < -0.4 is 0 Å². The summed E-state index contributed by atoms with van der Waals surface area (Å²) in [5, 5.41) is 0.158. The Morgan fingerprint density at radius 1 is 1.37 bits per heavy atom. The van der Waals surface area contributed by atoms with Crippen molar-refractivity contribution in [3.05, 3.63) is 23.2 Å². The van der Waals surface area contributed by atoms with Crippen molar-refractivity contribution in [1.82, 2.24) is 19.8 Å². The third-order valence-corrected chi connectivity index (χ3v) is 3.18. The molecule has 0 bridgehead atoms. The Balaban J connectivity index is 1.97. The van der Waals surface area contributed by atoms with E-state index >= 15 is 0 Å². The number of likely N-dealkylation sites (N-methyl/N-ethyl adjacent to an activating group) is 1. The van der Waals surface area contributed by atoms with Crippen LogP contribution in [0.5, 0.6) is 0 Å². The summed E-state index contributed by atoms with van der Waals surface area (Å²) in [7, 11) is 1.57. The number of carbonyl (C=O) groups is 2. The van der Waals surface area contributed by atoms with E-state index in [1.807, 2.05) is 0 Å². The summed E-state index contributed by atoms with van der Waals surface area (Å²) < 4.78 is 0. The second kappa shape index (κ2) is 5.97. The molecule has 0 atom stereocenters. The van der Waals surface area contributed by atoms with Crippen molar-refractivity contribution >= 4 is 23.4 Å². The molecule has 102 valence electrons. The first-order chi connectivity index (χ1) is 9.08. The zero-order valence-electron chi connectivity index (χ0n) is 10.7. The lowest BCUT2D eigenvalue weighted by molar-refractivity contribution is -0.130. The molecule has 1 aromatic rings. The molecule has 0 saturated carbocycles. The normalized spacial score (nSPS) is 14.5. The third-order valence-electron chi connectivity index (χ3n) is 3.00. The van der Waals surface area contributed by atoms with E-state index in [0.29, 0.717) is 0 Å². The fraction of sp³-hybridized carbons (Fsp3) is 0.500. The molecule has 19 heavy (non-hydrogen) atoms. The largest absolute Gasteiger partial charge is 0.341 e. The maximum absolute atomic E-state index is 12.0. The van der Waals surface area contributed by atoms with Gasteiger partial charge in [-0.05, 0) is 12.8 Å². The second-order valence-electron chi connectivity index (χ2n) is 4.48. The van der Waals surface area contributed by atoms with E-state index < -0.39 is 0 Å². The van der Waals surface area contributed by atoms with Crippen molar-refractivity contribution in [2.75, 3.05) is 26.7 Å². The number of rotatable bonds is 3. The third kappa shape index (κ3) is 3.41. The van der Waals surface area contributed by atoms with Gasteiger partial charge in [0.1, 0.15) is 10.8 Å². The van der Waals surface area contributed by atoms with Crippen LogP contribution in [0.2, 0.25) is 5.15 Å². The first-order valence-corrected chi connectivity index (χ1v) is 6.46. The van der Waals surface area contributed by atoms with E-state index in [0.717, 1.165) is 25.9 Å². The molecule has 0 unspecified atom stereocenters. The molecular formula is C12H15ClN4O2. The van der Waals surface area contributed by atoms with Crippen molar-refractivity contribution < 1.29 is 9.59 Å². The molecule has 7 heteroatoms. The van der Waals surface area contributed by atoms with Crippen LogP contribution in [0, 0.1) is 0 Å². The predicted molar refractivity (Wildman–Crippen MR) is 69.8 cm³/mol. The van der Waals surface area contributed by atoms with Crippen LogP contribution in [0.15, 0.2) is 12.4 Å². The lowest BCUT2D eigenvalue weighted by Gasteiger charge is -2.21. The minimum Gasteiger partial charge on any atom is -0.341 e. The van der Waals surface area contributed by atoms with Crippen LogP contribution in [0.25, 0.3) is 0 Å². The Hall–Kier alpha value is -1.69. The number of aromatic nitrogens is 2. The Labute approximate surface area is 116 Å². The van der Waals surface area contributed by atoms with Crippen LogP contribution in [0.3, 0.4) is 0 Å². The number of halogens is 1. The van der Waals surface area contributed by atoms with E-state index in [2.05, 4.69) is 9.97 Å². The molecule has 2 amide bonds. The predicted octanol–water partition coefficient (Wildman–Crippen LogP) is 0.824. The second-order valence-corrected chi connectivity index (χ2v) is 4.86. The summed E-state index contributed by atoms with van der Waals surface area (Å²) in [5.74, 6) is -0.397. The molecule has 0 N–H and O–H groups in total. The van der Waals surface area contributed by atoms with Crippen LogP contribution in [0.4, 0.5) is 0 Å². The van der Waals surface area contributed by atoms with E-state index in [1.54, 1.807) is 11.9 Å². The number of hydrogen-bond acceptors (Lipinski definition) is 4. The number of nitrogens with zero attached hydrogens (tertiary/aromatic N) is 4. The minimum absolute atomic E-state index is 0.0386. The summed E-state index contributed by atoms with van der Waals surface area (Å²) in [5.41, 5.74) is 0.143. The minimum atomic E-state index is -0.359. The van der Waals surface area contributed by atoms with Gasteiger partial charge in [0.2, 0.25) is 5.91 Å². The molecule has 2 rings (SSSR count). The van der Waals surface area contributed by atoms with E-state index in [1.165, 1.54) is 17.3 Å². The lowest BCUT2D eigenvalue weighted by atomic mass is 10.3. The van der Waals surface area contributed by atoms with E-state index in [9.17, 15) is 9.59 Å². The van der Waals surface area contributed by atoms with Crippen molar-refractivity contribution in [2.24, 2.45) is 0 Å². The van der Waals surface area contributed by atoms with Gasteiger partial charge in [-0.1, -0.05) is 11.6 Å². The van der Waals surface area contributed by atoms with Crippen LogP contribution in [0.1, 0.15) is 23.3 Å². The molecule has 1 fully saturated rings. The highest BCUT2D eigenvalue weighted by atomic mass is 35.5. The van der Waals surface area contributed by atoms with Crippen molar-refractivity contribution in [1.29, 1.82) is 0 Å². The molecule has 2 heterocycles. The molecule has 0 spiro atoms. The molecule has 1 aromatic heterocycles. The fourth-order valence-electron chi connectivity index (χ4n) is 1.98. The fourth-order valence-corrected chi connectivity index (χ4v) is 2.13. The average molecular weight is 283 g/mol. The Bertz CT molecular complexity index is 488. The number of amides is 2. The number of likely N-dealkylation sites (tertiary alicyclic amines) is 1. The number of hydrogen-bond donors (Lipinski definition) is 0. The maximum atomic E-state index is 12.0. The Kier molecular flexibility index (Phi) is 4.31. The van der Waals surface area contributed by atoms with Gasteiger partial charge in [-0.15, -0.1) is 0 Å². The van der Waals surface area contributed by atoms with Gasteiger partial charge in [0.15, 0.2) is 0 Å². The summed E-state index contributed by atoms with van der Waals surface area (Å²) in [6, 6.07) is 0. The quantitative estimate of drug-likeness (QED) is 0.823. The molecule has 0 aliphatic carbocycles. The van der Waals surface area contributed by atoms with Gasteiger partial charge >= 0.3 is 0 Å². The SMILES string of the molecule is CN(CC(=O)N1CCCC1)C(=O)c1cncc(Cl)n1. The smallest absolute Gasteiger partial charge is 0.274 e. The molecule has 0 radical (unpaired) electrons. The Morgan fingerprint density at radius 3 is 2.68 bits per heavy atom. The highest BCUT2D eigenvalue weighted by molar-refractivity contribution is 6.29. The first-order valence-electron chi connectivity index (χ1n) is 6.08. The molecule has 0 aromatic carbocycles. The van der Waals surface area contributed by atoms with Gasteiger partial charge in [0, 0.05) is 20.1 Å². The topological polar surface area (TPSA) is 66.4 Å². The van der Waals surface area contributed by atoms with Crippen LogP contribution in [-0.4, -0.2) is 58.3 Å². The van der Waals surface area contributed by atoms with Gasteiger partial charge in [-0.25, -0.2) is 4.98 Å². The zero-order chi connectivity index (χ0) is 13.8. The Morgan fingerprint density at radius 2 is 2.05 bits per heavy atom. The van der Waals surface area contributed by atoms with Crippen molar-refractivity contribution in [2.45, 2.75) is 12.8 Å². The van der Waals surface area contributed by atoms with Crippen LogP contribution >= 0.6 is 11.6 Å². The summed E-state index contributed by atoms with van der Waals surface area (Å²) in [4.78, 5) is 34.8. The van der Waals surface area contributed by atoms with Gasteiger partial charge in [0.05, 0.1) is 18.9 Å². The molecule has 6 nitrogen and oxygen atoms in total. The molecule has 1 aliphatic heterocycles. The average Bonchev–Trinajstić information content (AvgIpc) is 2.91. The van der Waals surface area contributed by atoms with Gasteiger partial charge in [0.25, 0.3) is 5.91 Å². The summed E-state index contributed by atoms with van der Waals surface area (Å²) in [6.07, 6.45) is 4.76. The van der Waals surface area contributed by atoms with Crippen molar-refractivity contribution in [3.63, 3.8) is 0 Å². The van der Waals surface area contributed by atoms with Crippen molar-refractivity contribution in [3.8, 4) is 0 Å². The molecule has 1 aliphatic rings. The highest BCUT2D eigenvalue weighted by Gasteiger charge is 2.22. The molecule has 1 saturated heterocycles. The monoisotopic (exact) mass is 282 g/mol.